The molecule has 104 valence electrons. The predicted molar refractivity (Wildman–Crippen MR) is 78.0 cm³/mol. The van der Waals surface area contributed by atoms with Crippen molar-refractivity contribution in [3.05, 3.63) is 46.4 Å². The lowest BCUT2D eigenvalue weighted by Gasteiger charge is -2.20. The van der Waals surface area contributed by atoms with E-state index in [9.17, 15) is 9.90 Å². The van der Waals surface area contributed by atoms with Crippen LogP contribution in [-0.2, 0) is 6.54 Å². The van der Waals surface area contributed by atoms with Gasteiger partial charge < -0.3 is 5.11 Å². The van der Waals surface area contributed by atoms with Crippen molar-refractivity contribution < 1.29 is 5.11 Å². The van der Waals surface area contributed by atoms with Gasteiger partial charge >= 0.3 is 0 Å². The Morgan fingerprint density at radius 1 is 1.30 bits per heavy atom. The van der Waals surface area contributed by atoms with Gasteiger partial charge in [0.05, 0.1) is 28.7 Å². The van der Waals surface area contributed by atoms with Crippen LogP contribution in [0.25, 0.3) is 16.6 Å². The lowest BCUT2D eigenvalue weighted by Crippen LogP contribution is -2.33. The monoisotopic (exact) mass is 271 g/mol. The molecule has 0 fully saturated rings. The molecule has 3 rings (SSSR count). The molecule has 5 heteroatoms. The molecule has 0 saturated carbocycles. The second kappa shape index (κ2) is 4.18. The van der Waals surface area contributed by atoms with Crippen molar-refractivity contribution in [3.8, 4) is 0 Å². The van der Waals surface area contributed by atoms with Gasteiger partial charge in [0.15, 0.2) is 0 Å². The third-order valence-electron chi connectivity index (χ3n) is 3.24. The maximum Gasteiger partial charge on any atom is 0.261 e. The van der Waals surface area contributed by atoms with Crippen molar-refractivity contribution in [3.63, 3.8) is 0 Å². The molecular formula is C15H17N3O2. The molecule has 3 aromatic rings. The highest BCUT2D eigenvalue weighted by Gasteiger charge is 2.19. The molecule has 0 aliphatic carbocycles. The van der Waals surface area contributed by atoms with E-state index in [1.807, 2.05) is 31.2 Å². The number of fused-ring (bicyclic) bond motifs is 3. The van der Waals surface area contributed by atoms with E-state index in [1.54, 1.807) is 29.0 Å². The summed E-state index contributed by atoms with van der Waals surface area (Å²) >= 11 is 0. The van der Waals surface area contributed by atoms with E-state index in [0.29, 0.717) is 11.0 Å². The Hall–Kier alpha value is -2.14. The Kier molecular flexibility index (Phi) is 2.69. The summed E-state index contributed by atoms with van der Waals surface area (Å²) in [6, 6.07) is 9.25. The first-order chi connectivity index (χ1) is 9.37. The molecule has 0 spiro atoms. The number of hydrogen-bond acceptors (Lipinski definition) is 3. The minimum Gasteiger partial charge on any atom is -0.389 e. The standard InChI is InChI=1S/C15H17N3O2/c1-10-8-13-17(9-15(2,3)20)14(19)11-6-4-5-7-12(11)18(13)16-10/h4-8,20H,9H2,1-3H3. The molecule has 20 heavy (non-hydrogen) atoms. The zero-order valence-electron chi connectivity index (χ0n) is 11.8. The van der Waals surface area contributed by atoms with E-state index in [1.165, 1.54) is 0 Å². The molecule has 0 amide bonds. The number of para-hydroxylation sites is 1. The summed E-state index contributed by atoms with van der Waals surface area (Å²) < 4.78 is 3.35. The van der Waals surface area contributed by atoms with Crippen LogP contribution in [-0.4, -0.2) is 24.9 Å². The summed E-state index contributed by atoms with van der Waals surface area (Å²) in [5.41, 5.74) is 1.26. The average molecular weight is 271 g/mol. The normalized spacial score (nSPS) is 12.4. The minimum absolute atomic E-state index is 0.102. The summed E-state index contributed by atoms with van der Waals surface area (Å²) in [5.74, 6) is 0. The fraction of sp³-hybridized carbons (Fsp3) is 0.333. The molecule has 2 aromatic heterocycles. The summed E-state index contributed by atoms with van der Waals surface area (Å²) in [7, 11) is 0. The highest BCUT2D eigenvalue weighted by atomic mass is 16.3. The highest BCUT2D eigenvalue weighted by Crippen LogP contribution is 2.16. The van der Waals surface area contributed by atoms with Crippen LogP contribution in [0.1, 0.15) is 19.5 Å². The SMILES string of the molecule is Cc1cc2n(CC(C)(C)O)c(=O)c3ccccc3n2n1. The van der Waals surface area contributed by atoms with Crippen molar-refractivity contribution in [2.75, 3.05) is 0 Å². The first-order valence-corrected chi connectivity index (χ1v) is 6.57. The van der Waals surface area contributed by atoms with Crippen LogP contribution < -0.4 is 5.56 Å². The quantitative estimate of drug-likeness (QED) is 0.772. The number of benzene rings is 1. The van der Waals surface area contributed by atoms with Crippen molar-refractivity contribution in [1.82, 2.24) is 14.2 Å². The zero-order valence-corrected chi connectivity index (χ0v) is 11.8. The smallest absolute Gasteiger partial charge is 0.261 e. The second-order valence-electron chi connectivity index (χ2n) is 5.78. The van der Waals surface area contributed by atoms with Crippen molar-refractivity contribution >= 4 is 16.6 Å². The molecule has 0 unspecified atom stereocenters. The van der Waals surface area contributed by atoms with Crippen molar-refractivity contribution in [1.29, 1.82) is 0 Å². The number of nitrogens with zero attached hydrogens (tertiary/aromatic N) is 3. The van der Waals surface area contributed by atoms with Crippen molar-refractivity contribution in [2.45, 2.75) is 32.9 Å². The summed E-state index contributed by atoms with van der Waals surface area (Å²) in [5, 5.41) is 15.1. The molecule has 0 aliphatic rings. The van der Waals surface area contributed by atoms with Crippen LogP contribution in [0.4, 0.5) is 0 Å². The molecule has 1 N–H and O–H groups in total. The molecule has 0 aliphatic heterocycles. The van der Waals surface area contributed by atoms with Gasteiger partial charge in [-0.1, -0.05) is 12.1 Å². The van der Waals surface area contributed by atoms with Gasteiger partial charge in [-0.15, -0.1) is 0 Å². The Morgan fingerprint density at radius 2 is 2.00 bits per heavy atom. The number of aliphatic hydroxyl groups is 1. The third-order valence-corrected chi connectivity index (χ3v) is 3.24. The largest absolute Gasteiger partial charge is 0.389 e. The third kappa shape index (κ3) is 2.00. The summed E-state index contributed by atoms with van der Waals surface area (Å²) in [4.78, 5) is 12.6. The number of aryl methyl sites for hydroxylation is 1. The van der Waals surface area contributed by atoms with E-state index in [-0.39, 0.29) is 12.1 Å². The number of aromatic nitrogens is 3. The van der Waals surface area contributed by atoms with Gasteiger partial charge in [-0.05, 0) is 32.9 Å². The van der Waals surface area contributed by atoms with Crippen LogP contribution in [0.5, 0.6) is 0 Å². The van der Waals surface area contributed by atoms with E-state index < -0.39 is 5.60 Å². The van der Waals surface area contributed by atoms with E-state index in [4.69, 9.17) is 0 Å². The molecule has 0 saturated heterocycles. The van der Waals surface area contributed by atoms with Gasteiger partial charge in [0.1, 0.15) is 5.65 Å². The predicted octanol–water partition coefficient (Wildman–Crippen LogP) is 1.73. The van der Waals surface area contributed by atoms with Crippen LogP contribution in [0.15, 0.2) is 35.1 Å². The van der Waals surface area contributed by atoms with Gasteiger partial charge in [0.2, 0.25) is 0 Å². The Labute approximate surface area is 116 Å². The molecule has 5 nitrogen and oxygen atoms in total. The van der Waals surface area contributed by atoms with Crippen LogP contribution in [0, 0.1) is 6.92 Å². The van der Waals surface area contributed by atoms with Gasteiger partial charge in [0.25, 0.3) is 5.56 Å². The van der Waals surface area contributed by atoms with E-state index in [0.717, 1.165) is 11.2 Å². The Morgan fingerprint density at radius 3 is 2.70 bits per heavy atom. The highest BCUT2D eigenvalue weighted by molar-refractivity contribution is 5.80. The first-order valence-electron chi connectivity index (χ1n) is 6.57. The summed E-state index contributed by atoms with van der Waals surface area (Å²) in [6.07, 6.45) is 0. The van der Waals surface area contributed by atoms with Crippen LogP contribution >= 0.6 is 0 Å². The van der Waals surface area contributed by atoms with Crippen LogP contribution in [0.3, 0.4) is 0 Å². The van der Waals surface area contributed by atoms with Gasteiger partial charge in [-0.3, -0.25) is 9.36 Å². The fourth-order valence-electron chi connectivity index (χ4n) is 2.48. The first kappa shape index (κ1) is 12.9. The fourth-order valence-corrected chi connectivity index (χ4v) is 2.48. The maximum absolute atomic E-state index is 12.6. The molecule has 0 radical (unpaired) electrons. The number of rotatable bonds is 2. The van der Waals surface area contributed by atoms with E-state index >= 15 is 0 Å². The van der Waals surface area contributed by atoms with Gasteiger partial charge in [0, 0.05) is 6.07 Å². The molecule has 2 heterocycles. The minimum atomic E-state index is -0.967. The molecular weight excluding hydrogens is 254 g/mol. The average Bonchev–Trinajstić information content (AvgIpc) is 2.75. The molecule has 1 aromatic carbocycles. The molecule has 0 bridgehead atoms. The maximum atomic E-state index is 12.6. The lowest BCUT2D eigenvalue weighted by atomic mass is 10.1. The van der Waals surface area contributed by atoms with Crippen LogP contribution in [0.2, 0.25) is 0 Å². The van der Waals surface area contributed by atoms with Gasteiger partial charge in [-0.2, -0.15) is 5.10 Å². The van der Waals surface area contributed by atoms with Gasteiger partial charge in [-0.25, -0.2) is 4.52 Å². The zero-order chi connectivity index (χ0) is 14.5. The topological polar surface area (TPSA) is 59.5 Å². The lowest BCUT2D eigenvalue weighted by molar-refractivity contribution is 0.0616. The second-order valence-corrected chi connectivity index (χ2v) is 5.78. The Balaban J connectivity index is 2.47. The number of hydrogen-bond donors (Lipinski definition) is 1. The summed E-state index contributed by atoms with van der Waals surface area (Å²) in [6.45, 7) is 5.49. The Bertz CT molecular complexity index is 853. The molecule has 0 atom stereocenters. The van der Waals surface area contributed by atoms with Crippen molar-refractivity contribution in [2.24, 2.45) is 0 Å². The van der Waals surface area contributed by atoms with E-state index in [2.05, 4.69) is 5.10 Å².